The van der Waals surface area contributed by atoms with Gasteiger partial charge in [0, 0.05) is 30.7 Å². The molecule has 0 unspecified atom stereocenters. The van der Waals surface area contributed by atoms with Gasteiger partial charge in [0.15, 0.2) is 0 Å². The van der Waals surface area contributed by atoms with E-state index in [9.17, 15) is 0 Å². The number of benzene rings is 1. The van der Waals surface area contributed by atoms with Crippen LogP contribution in [-0.2, 0) is 13.1 Å². The lowest BCUT2D eigenvalue weighted by atomic mass is 10.1. The van der Waals surface area contributed by atoms with Crippen molar-refractivity contribution in [2.45, 2.75) is 26.1 Å². The number of aryl methyl sites for hydroxylation is 1. The van der Waals surface area contributed by atoms with Crippen LogP contribution in [-0.4, -0.2) is 34.3 Å². The normalized spacial score (nSPS) is 12.4. The topological polar surface area (TPSA) is 66.3 Å². The minimum absolute atomic E-state index is 0.0397. The van der Waals surface area contributed by atoms with E-state index in [0.29, 0.717) is 0 Å². The van der Waals surface area contributed by atoms with Gasteiger partial charge in [0.25, 0.3) is 0 Å². The molecule has 7 heteroatoms. The van der Waals surface area contributed by atoms with Gasteiger partial charge in [-0.15, -0.1) is 5.10 Å². The minimum Gasteiger partial charge on any atom is -0.335 e. The second-order valence-electron chi connectivity index (χ2n) is 5.85. The van der Waals surface area contributed by atoms with Gasteiger partial charge in [-0.3, -0.25) is 4.68 Å². The van der Waals surface area contributed by atoms with E-state index in [1.165, 1.54) is 5.56 Å². The van der Waals surface area contributed by atoms with Gasteiger partial charge in [0.1, 0.15) is 5.69 Å². The molecule has 0 N–H and O–H groups in total. The predicted octanol–water partition coefficient (Wildman–Crippen LogP) is 2.65. The number of rotatable bonds is 6. The fourth-order valence-electron chi connectivity index (χ4n) is 2.84. The molecule has 0 aliphatic carbocycles. The summed E-state index contributed by atoms with van der Waals surface area (Å²) in [6.45, 7) is 3.63. The molecule has 0 spiro atoms. The zero-order valence-electron chi connectivity index (χ0n) is 14.0. The van der Waals surface area contributed by atoms with Crippen molar-refractivity contribution in [3.63, 3.8) is 0 Å². The Kier molecular flexibility index (Phi) is 4.12. The molecular formula is C18H19N7. The summed E-state index contributed by atoms with van der Waals surface area (Å²) in [5.41, 5.74) is 2.98. The molecule has 0 saturated carbocycles. The third-order valence-electron chi connectivity index (χ3n) is 4.21. The third-order valence-corrected chi connectivity index (χ3v) is 4.21. The minimum atomic E-state index is 0.0397. The standard InChI is InChI=1S/C18H19N7/c1-2-24-11-16(10-20-24)17-12-25(22-21-17)18(13-23-9-8-19-14-23)15-6-4-3-5-7-15/h3-12,14,18H,2,13H2,1H3/t18-/m1/s1. The largest absolute Gasteiger partial charge is 0.335 e. The fourth-order valence-corrected chi connectivity index (χ4v) is 2.84. The SMILES string of the molecule is CCn1cc(-c2cn([C@H](Cn3ccnc3)c3ccccc3)nn2)cn1. The van der Waals surface area contributed by atoms with E-state index >= 15 is 0 Å². The quantitative estimate of drug-likeness (QED) is 0.544. The maximum absolute atomic E-state index is 4.38. The first-order valence-electron chi connectivity index (χ1n) is 8.29. The zero-order valence-corrected chi connectivity index (χ0v) is 14.0. The lowest BCUT2D eigenvalue weighted by Crippen LogP contribution is -2.17. The van der Waals surface area contributed by atoms with Gasteiger partial charge < -0.3 is 4.57 Å². The van der Waals surface area contributed by atoms with Crippen molar-refractivity contribution in [3.05, 3.63) is 73.2 Å². The van der Waals surface area contributed by atoms with Crippen molar-refractivity contribution in [1.82, 2.24) is 34.3 Å². The molecule has 126 valence electrons. The average Bonchev–Trinajstić information content (AvgIpc) is 3.41. The second kappa shape index (κ2) is 6.72. The molecule has 4 aromatic rings. The molecule has 3 heterocycles. The first kappa shape index (κ1) is 15.3. The monoisotopic (exact) mass is 333 g/mol. The average molecular weight is 333 g/mol. The Balaban J connectivity index is 1.67. The Morgan fingerprint density at radius 2 is 2.00 bits per heavy atom. The smallest absolute Gasteiger partial charge is 0.116 e. The van der Waals surface area contributed by atoms with Crippen LogP contribution in [0.15, 0.2) is 67.6 Å². The van der Waals surface area contributed by atoms with Crippen molar-refractivity contribution in [2.75, 3.05) is 0 Å². The molecule has 25 heavy (non-hydrogen) atoms. The van der Waals surface area contributed by atoms with E-state index < -0.39 is 0 Å². The van der Waals surface area contributed by atoms with Crippen LogP contribution in [0.1, 0.15) is 18.5 Å². The highest BCUT2D eigenvalue weighted by Crippen LogP contribution is 2.22. The number of hydrogen-bond acceptors (Lipinski definition) is 4. The van der Waals surface area contributed by atoms with Crippen LogP contribution in [0.4, 0.5) is 0 Å². The van der Waals surface area contributed by atoms with Crippen LogP contribution in [0, 0.1) is 0 Å². The van der Waals surface area contributed by atoms with E-state index in [-0.39, 0.29) is 6.04 Å². The van der Waals surface area contributed by atoms with Crippen LogP contribution in [0.5, 0.6) is 0 Å². The van der Waals surface area contributed by atoms with Crippen LogP contribution in [0.25, 0.3) is 11.3 Å². The van der Waals surface area contributed by atoms with E-state index in [2.05, 4.69) is 39.5 Å². The van der Waals surface area contributed by atoms with Crippen molar-refractivity contribution in [3.8, 4) is 11.3 Å². The molecule has 0 aliphatic rings. The Morgan fingerprint density at radius 3 is 2.72 bits per heavy atom. The number of hydrogen-bond donors (Lipinski definition) is 0. The summed E-state index contributed by atoms with van der Waals surface area (Å²) in [5, 5.41) is 13.0. The Labute approximate surface area is 145 Å². The highest BCUT2D eigenvalue weighted by molar-refractivity contribution is 5.55. The van der Waals surface area contributed by atoms with Crippen LogP contribution in [0.2, 0.25) is 0 Å². The molecule has 0 bridgehead atoms. The van der Waals surface area contributed by atoms with E-state index in [1.807, 2.05) is 63.2 Å². The summed E-state index contributed by atoms with van der Waals surface area (Å²) >= 11 is 0. The Bertz CT molecular complexity index is 921. The van der Waals surface area contributed by atoms with Gasteiger partial charge >= 0.3 is 0 Å². The van der Waals surface area contributed by atoms with Crippen molar-refractivity contribution in [2.24, 2.45) is 0 Å². The first-order valence-corrected chi connectivity index (χ1v) is 8.29. The zero-order chi connectivity index (χ0) is 17.1. The molecule has 1 aromatic carbocycles. The van der Waals surface area contributed by atoms with Gasteiger partial charge in [-0.1, -0.05) is 35.5 Å². The predicted molar refractivity (Wildman–Crippen MR) is 93.7 cm³/mol. The van der Waals surface area contributed by atoms with Gasteiger partial charge in [0.2, 0.25) is 0 Å². The van der Waals surface area contributed by atoms with Gasteiger partial charge in [0.05, 0.1) is 31.3 Å². The summed E-state index contributed by atoms with van der Waals surface area (Å²) in [6, 6.07) is 10.4. The van der Waals surface area contributed by atoms with Crippen LogP contribution < -0.4 is 0 Å². The maximum Gasteiger partial charge on any atom is 0.116 e. The molecule has 0 amide bonds. The number of imidazole rings is 1. The molecule has 7 nitrogen and oxygen atoms in total. The number of aromatic nitrogens is 7. The van der Waals surface area contributed by atoms with E-state index in [1.54, 1.807) is 6.20 Å². The molecular weight excluding hydrogens is 314 g/mol. The van der Waals surface area contributed by atoms with Gasteiger partial charge in [-0.2, -0.15) is 5.10 Å². The van der Waals surface area contributed by atoms with Crippen LogP contribution in [0.3, 0.4) is 0 Å². The third kappa shape index (κ3) is 3.21. The Hall–Kier alpha value is -3.22. The molecule has 0 fully saturated rings. The maximum atomic E-state index is 4.38. The van der Waals surface area contributed by atoms with Crippen molar-refractivity contribution < 1.29 is 0 Å². The highest BCUT2D eigenvalue weighted by Gasteiger charge is 2.17. The molecule has 0 aliphatic heterocycles. The van der Waals surface area contributed by atoms with Gasteiger partial charge in [-0.25, -0.2) is 9.67 Å². The lowest BCUT2D eigenvalue weighted by Gasteiger charge is -2.17. The highest BCUT2D eigenvalue weighted by atomic mass is 15.4. The Morgan fingerprint density at radius 1 is 1.12 bits per heavy atom. The molecule has 3 aromatic heterocycles. The summed E-state index contributed by atoms with van der Waals surface area (Å²) in [6.07, 6.45) is 11.4. The summed E-state index contributed by atoms with van der Waals surface area (Å²) in [4.78, 5) is 4.13. The summed E-state index contributed by atoms with van der Waals surface area (Å²) < 4.78 is 5.84. The molecule has 1 atom stereocenters. The molecule has 4 rings (SSSR count). The summed E-state index contributed by atoms with van der Waals surface area (Å²) in [7, 11) is 0. The fraction of sp³-hybridized carbons (Fsp3) is 0.222. The van der Waals surface area contributed by atoms with Crippen LogP contribution >= 0.6 is 0 Å². The van der Waals surface area contributed by atoms with Crippen molar-refractivity contribution >= 4 is 0 Å². The van der Waals surface area contributed by atoms with E-state index in [4.69, 9.17) is 0 Å². The molecule has 0 radical (unpaired) electrons. The number of nitrogens with zero attached hydrogens (tertiary/aromatic N) is 7. The first-order chi connectivity index (χ1) is 12.3. The van der Waals surface area contributed by atoms with Gasteiger partial charge in [-0.05, 0) is 12.5 Å². The molecule has 0 saturated heterocycles. The summed E-state index contributed by atoms with van der Waals surface area (Å²) in [5.74, 6) is 0. The lowest BCUT2D eigenvalue weighted by molar-refractivity contribution is 0.443. The van der Waals surface area contributed by atoms with E-state index in [0.717, 1.165) is 24.3 Å². The second-order valence-corrected chi connectivity index (χ2v) is 5.85. The van der Waals surface area contributed by atoms with Crippen molar-refractivity contribution in [1.29, 1.82) is 0 Å².